The third-order valence-electron chi connectivity index (χ3n) is 4.44. The second-order valence-electron chi connectivity index (χ2n) is 6.25. The Morgan fingerprint density at radius 3 is 2.61 bits per heavy atom. The Kier molecular flexibility index (Phi) is 7.49. The number of likely N-dealkylation sites (tertiary alicyclic amines) is 1. The SMILES string of the molecule is CCCCCCNC(C(=O)N1CCCC1)C(O)c1ccncc1. The van der Waals surface area contributed by atoms with Gasteiger partial charge in [0, 0.05) is 25.5 Å². The summed E-state index contributed by atoms with van der Waals surface area (Å²) in [5.41, 5.74) is 0.735. The Labute approximate surface area is 139 Å². The van der Waals surface area contributed by atoms with Crippen LogP contribution in [0.1, 0.15) is 57.1 Å². The Morgan fingerprint density at radius 1 is 1.26 bits per heavy atom. The highest BCUT2D eigenvalue weighted by molar-refractivity contribution is 5.83. The number of carbonyl (C=O) groups excluding carboxylic acids is 1. The van der Waals surface area contributed by atoms with E-state index in [0.29, 0.717) is 0 Å². The van der Waals surface area contributed by atoms with Crippen molar-refractivity contribution in [2.45, 2.75) is 57.6 Å². The van der Waals surface area contributed by atoms with E-state index in [9.17, 15) is 9.90 Å². The zero-order chi connectivity index (χ0) is 16.5. The minimum Gasteiger partial charge on any atom is -0.386 e. The van der Waals surface area contributed by atoms with Crippen LogP contribution in [0.25, 0.3) is 0 Å². The van der Waals surface area contributed by atoms with Crippen LogP contribution in [0.15, 0.2) is 24.5 Å². The van der Waals surface area contributed by atoms with Gasteiger partial charge < -0.3 is 15.3 Å². The maximum atomic E-state index is 12.8. The Morgan fingerprint density at radius 2 is 1.96 bits per heavy atom. The van der Waals surface area contributed by atoms with Crippen LogP contribution < -0.4 is 5.32 Å². The number of hydrogen-bond acceptors (Lipinski definition) is 4. The van der Waals surface area contributed by atoms with Crippen molar-refractivity contribution >= 4 is 5.91 Å². The monoisotopic (exact) mass is 319 g/mol. The number of pyridine rings is 1. The number of aromatic nitrogens is 1. The molecule has 0 spiro atoms. The highest BCUT2D eigenvalue weighted by Crippen LogP contribution is 2.20. The summed E-state index contributed by atoms with van der Waals surface area (Å²) >= 11 is 0. The molecular weight excluding hydrogens is 290 g/mol. The molecule has 1 aliphatic heterocycles. The average molecular weight is 319 g/mol. The normalized spacial score (nSPS) is 17.2. The maximum absolute atomic E-state index is 12.8. The van der Waals surface area contributed by atoms with E-state index < -0.39 is 12.1 Å². The fourth-order valence-corrected chi connectivity index (χ4v) is 3.03. The summed E-state index contributed by atoms with van der Waals surface area (Å²) in [5.74, 6) is 0.0160. The van der Waals surface area contributed by atoms with Crippen molar-refractivity contribution in [1.82, 2.24) is 15.2 Å². The van der Waals surface area contributed by atoms with Gasteiger partial charge in [-0.3, -0.25) is 9.78 Å². The van der Waals surface area contributed by atoms with Gasteiger partial charge in [0.1, 0.15) is 12.1 Å². The standard InChI is InChI=1S/C18H29N3O2/c1-2-3-4-5-10-20-16(18(23)21-13-6-7-14-21)17(22)15-8-11-19-12-9-15/h8-9,11-12,16-17,20,22H,2-7,10,13-14H2,1H3. The zero-order valence-electron chi connectivity index (χ0n) is 14.1. The van der Waals surface area contributed by atoms with Crippen LogP contribution in [-0.4, -0.2) is 46.6 Å². The predicted octanol–water partition coefficient (Wildman–Crippen LogP) is 2.28. The summed E-state index contributed by atoms with van der Waals surface area (Å²) in [5, 5.41) is 14.0. The van der Waals surface area contributed by atoms with Gasteiger partial charge in [-0.05, 0) is 43.5 Å². The zero-order valence-corrected chi connectivity index (χ0v) is 14.1. The number of rotatable bonds is 9. The highest BCUT2D eigenvalue weighted by atomic mass is 16.3. The summed E-state index contributed by atoms with van der Waals surface area (Å²) in [7, 11) is 0. The molecule has 0 aliphatic carbocycles. The molecule has 1 aliphatic rings. The fraction of sp³-hybridized carbons (Fsp3) is 0.667. The number of nitrogens with one attached hydrogen (secondary N) is 1. The molecule has 23 heavy (non-hydrogen) atoms. The first-order chi connectivity index (χ1) is 11.2. The largest absolute Gasteiger partial charge is 0.386 e. The number of aliphatic hydroxyl groups is 1. The van der Waals surface area contributed by atoms with Crippen LogP contribution in [0.4, 0.5) is 0 Å². The van der Waals surface area contributed by atoms with Gasteiger partial charge in [0.05, 0.1) is 0 Å². The average Bonchev–Trinajstić information content (AvgIpc) is 3.12. The molecule has 2 rings (SSSR count). The van der Waals surface area contributed by atoms with Gasteiger partial charge in [-0.15, -0.1) is 0 Å². The second kappa shape index (κ2) is 9.63. The Bertz CT molecular complexity index is 461. The number of hydrogen-bond donors (Lipinski definition) is 2. The second-order valence-corrected chi connectivity index (χ2v) is 6.25. The number of carbonyl (C=O) groups is 1. The predicted molar refractivity (Wildman–Crippen MR) is 90.9 cm³/mol. The summed E-state index contributed by atoms with van der Waals surface area (Å²) in [6.07, 6.45) is 9.15. The van der Waals surface area contributed by atoms with Crippen molar-refractivity contribution in [2.24, 2.45) is 0 Å². The molecule has 5 heteroatoms. The molecule has 1 aromatic rings. The van der Waals surface area contributed by atoms with Crippen LogP contribution in [0.2, 0.25) is 0 Å². The molecule has 1 aromatic heterocycles. The smallest absolute Gasteiger partial charge is 0.242 e. The minimum absolute atomic E-state index is 0.0160. The van der Waals surface area contributed by atoms with Crippen LogP contribution in [-0.2, 0) is 4.79 Å². The van der Waals surface area contributed by atoms with Gasteiger partial charge in [0.25, 0.3) is 0 Å². The van der Waals surface area contributed by atoms with Crippen molar-refractivity contribution in [3.05, 3.63) is 30.1 Å². The highest BCUT2D eigenvalue weighted by Gasteiger charge is 2.32. The van der Waals surface area contributed by atoms with Crippen molar-refractivity contribution in [2.75, 3.05) is 19.6 Å². The molecule has 128 valence electrons. The Balaban J connectivity index is 1.99. The lowest BCUT2D eigenvalue weighted by molar-refractivity contribution is -0.135. The maximum Gasteiger partial charge on any atom is 0.242 e. The van der Waals surface area contributed by atoms with Crippen LogP contribution in [0, 0.1) is 0 Å². The van der Waals surface area contributed by atoms with Gasteiger partial charge in [-0.1, -0.05) is 26.2 Å². The molecule has 1 amide bonds. The number of unbranched alkanes of at least 4 members (excludes halogenated alkanes) is 3. The quantitative estimate of drug-likeness (QED) is 0.685. The van der Waals surface area contributed by atoms with E-state index >= 15 is 0 Å². The number of aliphatic hydroxyl groups excluding tert-OH is 1. The van der Waals surface area contributed by atoms with E-state index in [0.717, 1.165) is 50.9 Å². The number of nitrogens with zero attached hydrogens (tertiary/aromatic N) is 2. The summed E-state index contributed by atoms with van der Waals surface area (Å²) in [6.45, 7) is 4.54. The third kappa shape index (κ3) is 5.29. The lowest BCUT2D eigenvalue weighted by Crippen LogP contribution is -2.49. The van der Waals surface area contributed by atoms with Gasteiger partial charge in [0.2, 0.25) is 5.91 Å². The van der Waals surface area contributed by atoms with Gasteiger partial charge >= 0.3 is 0 Å². The molecule has 2 unspecified atom stereocenters. The van der Waals surface area contributed by atoms with E-state index in [2.05, 4.69) is 17.2 Å². The molecular formula is C18H29N3O2. The van der Waals surface area contributed by atoms with E-state index in [4.69, 9.17) is 0 Å². The van der Waals surface area contributed by atoms with Crippen molar-refractivity contribution < 1.29 is 9.90 Å². The summed E-state index contributed by atoms with van der Waals surface area (Å²) in [4.78, 5) is 18.6. The molecule has 0 aromatic carbocycles. The molecule has 2 heterocycles. The summed E-state index contributed by atoms with van der Waals surface area (Å²) < 4.78 is 0. The lowest BCUT2D eigenvalue weighted by Gasteiger charge is -2.28. The molecule has 2 atom stereocenters. The van der Waals surface area contributed by atoms with Gasteiger partial charge in [0.15, 0.2) is 0 Å². The summed E-state index contributed by atoms with van der Waals surface area (Å²) in [6, 6.07) is 2.97. The van der Waals surface area contributed by atoms with Crippen molar-refractivity contribution in [3.63, 3.8) is 0 Å². The molecule has 1 saturated heterocycles. The van der Waals surface area contributed by atoms with Gasteiger partial charge in [-0.25, -0.2) is 0 Å². The molecule has 0 bridgehead atoms. The van der Waals surface area contributed by atoms with Gasteiger partial charge in [-0.2, -0.15) is 0 Å². The topological polar surface area (TPSA) is 65.5 Å². The fourth-order valence-electron chi connectivity index (χ4n) is 3.03. The van der Waals surface area contributed by atoms with Crippen molar-refractivity contribution in [3.8, 4) is 0 Å². The molecule has 2 N–H and O–H groups in total. The van der Waals surface area contributed by atoms with E-state index in [-0.39, 0.29) is 5.91 Å². The van der Waals surface area contributed by atoms with Crippen molar-refractivity contribution in [1.29, 1.82) is 0 Å². The van der Waals surface area contributed by atoms with E-state index in [1.165, 1.54) is 12.8 Å². The van der Waals surface area contributed by atoms with Crippen LogP contribution in [0.3, 0.4) is 0 Å². The number of amides is 1. The minimum atomic E-state index is -0.836. The van der Waals surface area contributed by atoms with E-state index in [1.54, 1.807) is 24.5 Å². The molecule has 0 saturated carbocycles. The van der Waals surface area contributed by atoms with E-state index in [1.807, 2.05) is 4.90 Å². The molecule has 1 fully saturated rings. The first-order valence-corrected chi connectivity index (χ1v) is 8.84. The third-order valence-corrected chi connectivity index (χ3v) is 4.44. The Hall–Kier alpha value is -1.46. The molecule has 0 radical (unpaired) electrons. The van der Waals surface area contributed by atoms with Crippen LogP contribution >= 0.6 is 0 Å². The first kappa shape index (κ1) is 17.9. The lowest BCUT2D eigenvalue weighted by atomic mass is 10.0. The molecule has 5 nitrogen and oxygen atoms in total. The first-order valence-electron chi connectivity index (χ1n) is 8.84. The van der Waals surface area contributed by atoms with Crippen LogP contribution in [0.5, 0.6) is 0 Å².